The number of aromatic nitrogens is 1. The number of hydrogen-bond donors (Lipinski definition) is 1. The second-order valence-corrected chi connectivity index (χ2v) is 6.79. The molecular weight excluding hydrogens is 380 g/mol. The van der Waals surface area contributed by atoms with Crippen LogP contribution in [0.3, 0.4) is 0 Å². The summed E-state index contributed by atoms with van der Waals surface area (Å²) in [5.74, 6) is 0.398. The van der Waals surface area contributed by atoms with Gasteiger partial charge in [0.15, 0.2) is 18.1 Å². The number of amides is 1. The number of benzene rings is 2. The summed E-state index contributed by atoms with van der Waals surface area (Å²) < 4.78 is 16.4. The number of carbonyl (C=O) groups is 2. The van der Waals surface area contributed by atoms with Gasteiger partial charge in [0.25, 0.3) is 5.91 Å². The van der Waals surface area contributed by atoms with Crippen molar-refractivity contribution in [2.24, 2.45) is 0 Å². The summed E-state index contributed by atoms with van der Waals surface area (Å²) in [6, 6.07) is 10.7. The zero-order chi connectivity index (χ0) is 19.9. The van der Waals surface area contributed by atoms with Gasteiger partial charge in [-0.25, -0.2) is 9.78 Å². The second kappa shape index (κ2) is 9.18. The van der Waals surface area contributed by atoms with Crippen LogP contribution in [0.2, 0.25) is 0 Å². The molecule has 1 N–H and O–H groups in total. The Kier molecular flexibility index (Phi) is 6.44. The zero-order valence-electron chi connectivity index (χ0n) is 15.6. The maximum absolute atomic E-state index is 12.1. The lowest BCUT2D eigenvalue weighted by Crippen LogP contribution is -2.30. The largest absolute Gasteiger partial charge is 0.493 e. The van der Waals surface area contributed by atoms with Gasteiger partial charge < -0.3 is 19.5 Å². The Balaban J connectivity index is 1.44. The van der Waals surface area contributed by atoms with Crippen LogP contribution in [0.1, 0.15) is 15.9 Å². The molecule has 1 aromatic heterocycles. The van der Waals surface area contributed by atoms with E-state index in [1.807, 2.05) is 18.2 Å². The van der Waals surface area contributed by atoms with Gasteiger partial charge in [-0.1, -0.05) is 6.07 Å². The summed E-state index contributed by atoms with van der Waals surface area (Å²) in [6.07, 6.45) is 0.613. The lowest BCUT2D eigenvalue weighted by atomic mass is 10.1. The molecule has 2 aromatic carbocycles. The predicted octanol–water partition coefficient (Wildman–Crippen LogP) is 2.83. The average Bonchev–Trinajstić information content (AvgIpc) is 3.19. The third-order valence-electron chi connectivity index (χ3n) is 4.09. The summed E-state index contributed by atoms with van der Waals surface area (Å²) in [4.78, 5) is 28.2. The first-order chi connectivity index (χ1) is 13.6. The minimum Gasteiger partial charge on any atom is -0.493 e. The van der Waals surface area contributed by atoms with Crippen molar-refractivity contribution in [3.05, 3.63) is 53.0 Å². The standard InChI is InChI=1S/C20H20N2O5S/c1-25-16-6-3-13(9-17(16)26-2)7-8-21-19(23)11-27-20(24)14-4-5-15-18(10-14)28-12-22-15/h3-6,9-10,12H,7-8,11H2,1-2H3,(H,21,23). The Hall–Kier alpha value is -3.13. The molecule has 8 heteroatoms. The van der Waals surface area contributed by atoms with E-state index in [1.165, 1.54) is 11.3 Å². The molecule has 0 aliphatic heterocycles. The van der Waals surface area contributed by atoms with E-state index in [9.17, 15) is 9.59 Å². The van der Waals surface area contributed by atoms with Gasteiger partial charge in [0.2, 0.25) is 0 Å². The Morgan fingerprint density at radius 3 is 2.68 bits per heavy atom. The Bertz CT molecular complexity index is 986. The molecule has 0 saturated carbocycles. The highest BCUT2D eigenvalue weighted by molar-refractivity contribution is 7.16. The number of nitrogens with zero attached hydrogens (tertiary/aromatic N) is 1. The maximum atomic E-state index is 12.1. The van der Waals surface area contributed by atoms with E-state index in [-0.39, 0.29) is 12.5 Å². The number of fused-ring (bicyclic) bond motifs is 1. The summed E-state index contributed by atoms with van der Waals surface area (Å²) in [7, 11) is 3.15. The quantitative estimate of drug-likeness (QED) is 0.585. The van der Waals surface area contributed by atoms with E-state index >= 15 is 0 Å². The van der Waals surface area contributed by atoms with E-state index in [0.717, 1.165) is 15.8 Å². The highest BCUT2D eigenvalue weighted by Crippen LogP contribution is 2.27. The van der Waals surface area contributed by atoms with Crippen LogP contribution in [0.25, 0.3) is 10.2 Å². The van der Waals surface area contributed by atoms with Gasteiger partial charge in [0, 0.05) is 6.54 Å². The number of esters is 1. The number of thiazole rings is 1. The maximum Gasteiger partial charge on any atom is 0.338 e. The average molecular weight is 400 g/mol. The van der Waals surface area contributed by atoms with Gasteiger partial charge in [-0.2, -0.15) is 0 Å². The van der Waals surface area contributed by atoms with E-state index in [4.69, 9.17) is 14.2 Å². The first-order valence-electron chi connectivity index (χ1n) is 8.58. The fourth-order valence-electron chi connectivity index (χ4n) is 2.63. The molecule has 0 radical (unpaired) electrons. The molecule has 146 valence electrons. The van der Waals surface area contributed by atoms with Crippen molar-refractivity contribution in [1.82, 2.24) is 10.3 Å². The molecule has 0 aliphatic carbocycles. The summed E-state index contributed by atoms with van der Waals surface area (Å²) in [5, 5.41) is 2.73. The predicted molar refractivity (Wildman–Crippen MR) is 106 cm³/mol. The third kappa shape index (κ3) is 4.77. The van der Waals surface area contributed by atoms with Crippen LogP contribution in [0.15, 0.2) is 41.9 Å². The van der Waals surface area contributed by atoms with Crippen molar-refractivity contribution in [3.63, 3.8) is 0 Å². The van der Waals surface area contributed by atoms with Crippen molar-refractivity contribution in [2.45, 2.75) is 6.42 Å². The zero-order valence-corrected chi connectivity index (χ0v) is 16.4. The van der Waals surface area contributed by atoms with Gasteiger partial charge in [-0.15, -0.1) is 11.3 Å². The first-order valence-corrected chi connectivity index (χ1v) is 9.46. The number of ether oxygens (including phenoxy) is 3. The van der Waals surface area contributed by atoms with Gasteiger partial charge in [0.1, 0.15) is 0 Å². The number of carbonyl (C=O) groups excluding carboxylic acids is 2. The van der Waals surface area contributed by atoms with Crippen LogP contribution in [0.4, 0.5) is 0 Å². The normalized spacial score (nSPS) is 10.5. The van der Waals surface area contributed by atoms with Crippen molar-refractivity contribution < 1.29 is 23.8 Å². The minimum absolute atomic E-state index is 0.328. The molecule has 1 amide bonds. The molecule has 0 fully saturated rings. The molecule has 0 aliphatic rings. The van der Waals surface area contributed by atoms with Crippen LogP contribution >= 0.6 is 11.3 Å². The highest BCUT2D eigenvalue weighted by atomic mass is 32.1. The Labute approximate surface area is 166 Å². The topological polar surface area (TPSA) is 86.8 Å². The van der Waals surface area contributed by atoms with E-state index in [1.54, 1.807) is 37.9 Å². The summed E-state index contributed by atoms with van der Waals surface area (Å²) in [5.41, 5.74) is 3.93. The fraction of sp³-hybridized carbons (Fsp3) is 0.250. The van der Waals surface area contributed by atoms with Crippen molar-refractivity contribution in [2.75, 3.05) is 27.4 Å². The number of methoxy groups -OCH3 is 2. The van der Waals surface area contributed by atoms with E-state index in [2.05, 4.69) is 10.3 Å². The lowest BCUT2D eigenvalue weighted by molar-refractivity contribution is -0.124. The molecule has 0 spiro atoms. The summed E-state index contributed by atoms with van der Waals surface area (Å²) in [6.45, 7) is 0.0875. The van der Waals surface area contributed by atoms with E-state index in [0.29, 0.717) is 30.0 Å². The molecule has 0 bridgehead atoms. The van der Waals surface area contributed by atoms with Gasteiger partial charge >= 0.3 is 5.97 Å². The van der Waals surface area contributed by atoms with Crippen LogP contribution in [0, 0.1) is 0 Å². The third-order valence-corrected chi connectivity index (χ3v) is 4.88. The second-order valence-electron chi connectivity index (χ2n) is 5.90. The van der Waals surface area contributed by atoms with Crippen LogP contribution in [0.5, 0.6) is 11.5 Å². The Morgan fingerprint density at radius 2 is 1.89 bits per heavy atom. The molecular formula is C20H20N2O5S. The summed E-state index contributed by atoms with van der Waals surface area (Å²) >= 11 is 1.44. The molecule has 3 aromatic rings. The Morgan fingerprint density at radius 1 is 1.07 bits per heavy atom. The lowest BCUT2D eigenvalue weighted by Gasteiger charge is -2.10. The number of hydrogen-bond acceptors (Lipinski definition) is 7. The van der Waals surface area contributed by atoms with Gasteiger partial charge in [-0.3, -0.25) is 4.79 Å². The molecule has 3 rings (SSSR count). The van der Waals surface area contributed by atoms with Gasteiger partial charge in [0.05, 0.1) is 35.5 Å². The SMILES string of the molecule is COc1ccc(CCNC(=O)COC(=O)c2ccc3ncsc3c2)cc1OC. The smallest absolute Gasteiger partial charge is 0.338 e. The molecule has 0 saturated heterocycles. The van der Waals surface area contributed by atoms with Crippen LogP contribution in [-0.2, 0) is 16.0 Å². The highest BCUT2D eigenvalue weighted by Gasteiger charge is 2.11. The van der Waals surface area contributed by atoms with Crippen LogP contribution in [-0.4, -0.2) is 44.2 Å². The van der Waals surface area contributed by atoms with Crippen molar-refractivity contribution in [1.29, 1.82) is 0 Å². The number of rotatable bonds is 8. The fourth-order valence-corrected chi connectivity index (χ4v) is 3.35. The minimum atomic E-state index is -0.537. The molecule has 7 nitrogen and oxygen atoms in total. The molecule has 1 heterocycles. The van der Waals surface area contributed by atoms with Crippen molar-refractivity contribution in [3.8, 4) is 11.5 Å². The molecule has 0 atom stereocenters. The molecule has 28 heavy (non-hydrogen) atoms. The van der Waals surface area contributed by atoms with Gasteiger partial charge in [-0.05, 0) is 42.3 Å². The molecule has 0 unspecified atom stereocenters. The monoisotopic (exact) mass is 400 g/mol. The van der Waals surface area contributed by atoms with Crippen molar-refractivity contribution >= 4 is 33.4 Å². The van der Waals surface area contributed by atoms with Crippen LogP contribution < -0.4 is 14.8 Å². The van der Waals surface area contributed by atoms with E-state index < -0.39 is 5.97 Å². The number of nitrogens with one attached hydrogen (secondary N) is 1. The first kappa shape index (κ1) is 19.6.